The molecule has 3 heteroatoms. The highest BCUT2D eigenvalue weighted by Gasteiger charge is 2.40. The summed E-state index contributed by atoms with van der Waals surface area (Å²) in [6.45, 7) is 1.06. The molecule has 0 amide bonds. The largest absolute Gasteiger partial charge is 0.480 e. The molecule has 108 valence electrons. The Morgan fingerprint density at radius 1 is 0.842 bits per heavy atom. The van der Waals surface area contributed by atoms with E-state index in [4.69, 9.17) is 0 Å². The smallest absolute Gasteiger partial charge is 0.320 e. The number of rotatable bonds is 2. The molecule has 0 radical (unpaired) electrons. The van der Waals surface area contributed by atoms with Gasteiger partial charge in [0.25, 0.3) is 0 Å². The van der Waals surface area contributed by atoms with Gasteiger partial charge in [-0.2, -0.15) is 0 Å². The van der Waals surface area contributed by atoms with E-state index in [9.17, 15) is 9.90 Å². The molecule has 2 unspecified atom stereocenters. The molecule has 19 heavy (non-hydrogen) atoms. The van der Waals surface area contributed by atoms with Crippen LogP contribution in [0, 0.1) is 11.8 Å². The molecule has 1 aliphatic carbocycles. The Morgan fingerprint density at radius 3 is 2.37 bits per heavy atom. The summed E-state index contributed by atoms with van der Waals surface area (Å²) < 4.78 is 0. The third-order valence-electron chi connectivity index (χ3n) is 5.80. The van der Waals surface area contributed by atoms with Crippen molar-refractivity contribution in [3.8, 4) is 0 Å². The monoisotopic (exact) mass is 265 g/mol. The first kappa shape index (κ1) is 13.4. The van der Waals surface area contributed by atoms with Crippen LogP contribution in [0.5, 0.6) is 0 Å². The summed E-state index contributed by atoms with van der Waals surface area (Å²) in [4.78, 5) is 13.8. The zero-order chi connectivity index (χ0) is 13.2. The van der Waals surface area contributed by atoms with Crippen LogP contribution < -0.4 is 0 Å². The van der Waals surface area contributed by atoms with Crippen LogP contribution in [0.4, 0.5) is 0 Å². The average molecular weight is 265 g/mol. The van der Waals surface area contributed by atoms with Crippen molar-refractivity contribution in [1.82, 2.24) is 4.90 Å². The van der Waals surface area contributed by atoms with Crippen molar-refractivity contribution < 1.29 is 9.90 Å². The maximum atomic E-state index is 11.5. The lowest BCUT2D eigenvalue weighted by molar-refractivity contribution is -0.148. The van der Waals surface area contributed by atoms with E-state index in [2.05, 4.69) is 4.90 Å². The Balaban J connectivity index is 1.66. The van der Waals surface area contributed by atoms with E-state index in [0.717, 1.165) is 31.2 Å². The molecule has 3 aliphatic rings. The van der Waals surface area contributed by atoms with E-state index < -0.39 is 5.97 Å². The second kappa shape index (κ2) is 5.82. The molecular weight excluding hydrogens is 238 g/mol. The average Bonchev–Trinajstić information content (AvgIpc) is 2.47. The SMILES string of the molecule is O=C(O)[C@H]1CCCC2CCC(C3CCCCC3)CN21. The molecule has 0 bridgehead atoms. The van der Waals surface area contributed by atoms with Gasteiger partial charge in [0.05, 0.1) is 0 Å². The van der Waals surface area contributed by atoms with E-state index in [1.807, 2.05) is 0 Å². The number of carbonyl (C=O) groups is 1. The fourth-order valence-electron chi connectivity index (χ4n) is 4.74. The predicted molar refractivity (Wildman–Crippen MR) is 75.1 cm³/mol. The number of carboxylic acids is 1. The second-order valence-corrected chi connectivity index (χ2v) is 6.87. The molecule has 0 spiro atoms. The van der Waals surface area contributed by atoms with E-state index in [1.165, 1.54) is 51.4 Å². The van der Waals surface area contributed by atoms with Gasteiger partial charge >= 0.3 is 5.97 Å². The highest BCUT2D eigenvalue weighted by atomic mass is 16.4. The first-order valence-electron chi connectivity index (χ1n) is 8.24. The normalized spacial score (nSPS) is 37.8. The zero-order valence-electron chi connectivity index (χ0n) is 11.9. The van der Waals surface area contributed by atoms with Crippen LogP contribution in [-0.2, 0) is 4.79 Å². The van der Waals surface area contributed by atoms with Gasteiger partial charge in [0.15, 0.2) is 0 Å². The van der Waals surface area contributed by atoms with Crippen LogP contribution in [0.1, 0.15) is 64.2 Å². The summed E-state index contributed by atoms with van der Waals surface area (Å²) in [5.74, 6) is 1.07. The van der Waals surface area contributed by atoms with Gasteiger partial charge in [-0.3, -0.25) is 9.69 Å². The summed E-state index contributed by atoms with van der Waals surface area (Å²) in [5.41, 5.74) is 0. The van der Waals surface area contributed by atoms with Gasteiger partial charge in [-0.05, 0) is 43.9 Å². The molecule has 3 atom stereocenters. The molecule has 0 aromatic heterocycles. The van der Waals surface area contributed by atoms with E-state index >= 15 is 0 Å². The predicted octanol–water partition coefficient (Wildman–Crippen LogP) is 3.28. The summed E-state index contributed by atoms with van der Waals surface area (Å²) in [5, 5.41) is 9.43. The van der Waals surface area contributed by atoms with Crippen molar-refractivity contribution in [3.05, 3.63) is 0 Å². The highest BCUT2D eigenvalue weighted by molar-refractivity contribution is 5.73. The van der Waals surface area contributed by atoms with Gasteiger partial charge < -0.3 is 5.11 Å². The lowest BCUT2D eigenvalue weighted by Gasteiger charge is -2.48. The van der Waals surface area contributed by atoms with Crippen molar-refractivity contribution >= 4 is 5.97 Å². The van der Waals surface area contributed by atoms with E-state index in [-0.39, 0.29) is 6.04 Å². The minimum Gasteiger partial charge on any atom is -0.480 e. The quantitative estimate of drug-likeness (QED) is 0.833. The number of nitrogens with zero attached hydrogens (tertiary/aromatic N) is 1. The molecule has 0 aromatic carbocycles. The molecule has 3 nitrogen and oxygen atoms in total. The molecule has 1 saturated carbocycles. The molecular formula is C16H27NO2. The van der Waals surface area contributed by atoms with Gasteiger partial charge in [0.2, 0.25) is 0 Å². The fourth-order valence-corrected chi connectivity index (χ4v) is 4.74. The fraction of sp³-hybridized carbons (Fsp3) is 0.938. The zero-order valence-corrected chi connectivity index (χ0v) is 11.9. The van der Waals surface area contributed by atoms with Gasteiger partial charge in [-0.15, -0.1) is 0 Å². The van der Waals surface area contributed by atoms with Crippen molar-refractivity contribution in [3.63, 3.8) is 0 Å². The number of carboxylic acid groups (broad SMARTS) is 1. The van der Waals surface area contributed by atoms with Gasteiger partial charge in [-0.1, -0.05) is 32.1 Å². The van der Waals surface area contributed by atoms with Crippen LogP contribution in [0.25, 0.3) is 0 Å². The van der Waals surface area contributed by atoms with Crippen LogP contribution in [-0.4, -0.2) is 34.6 Å². The summed E-state index contributed by atoms with van der Waals surface area (Å²) in [6.07, 6.45) is 12.8. The van der Waals surface area contributed by atoms with E-state index in [1.54, 1.807) is 0 Å². The summed E-state index contributed by atoms with van der Waals surface area (Å²) >= 11 is 0. The Hall–Kier alpha value is -0.570. The molecule has 1 N–H and O–H groups in total. The highest BCUT2D eigenvalue weighted by Crippen LogP contribution is 2.39. The summed E-state index contributed by atoms with van der Waals surface area (Å²) in [7, 11) is 0. The van der Waals surface area contributed by atoms with Gasteiger partial charge in [0.1, 0.15) is 6.04 Å². The van der Waals surface area contributed by atoms with Crippen LogP contribution in [0.15, 0.2) is 0 Å². The number of hydrogen-bond donors (Lipinski definition) is 1. The third kappa shape index (κ3) is 2.81. The summed E-state index contributed by atoms with van der Waals surface area (Å²) in [6, 6.07) is 0.375. The number of piperidine rings is 2. The first-order valence-corrected chi connectivity index (χ1v) is 8.24. The molecule has 2 aliphatic heterocycles. The minimum absolute atomic E-state index is 0.190. The van der Waals surface area contributed by atoms with Crippen molar-refractivity contribution in [2.24, 2.45) is 11.8 Å². The van der Waals surface area contributed by atoms with Crippen molar-refractivity contribution in [2.75, 3.05) is 6.54 Å². The Kier molecular flexibility index (Phi) is 4.11. The van der Waals surface area contributed by atoms with Crippen LogP contribution in [0.3, 0.4) is 0 Å². The maximum absolute atomic E-state index is 11.5. The first-order chi connectivity index (χ1) is 9.25. The lowest BCUT2D eigenvalue weighted by Crippen LogP contribution is -2.55. The Bertz CT molecular complexity index is 325. The van der Waals surface area contributed by atoms with Gasteiger partial charge in [-0.25, -0.2) is 0 Å². The van der Waals surface area contributed by atoms with Crippen molar-refractivity contribution in [1.29, 1.82) is 0 Å². The van der Waals surface area contributed by atoms with Gasteiger partial charge in [0, 0.05) is 12.6 Å². The Morgan fingerprint density at radius 2 is 1.63 bits per heavy atom. The topological polar surface area (TPSA) is 40.5 Å². The molecule has 2 heterocycles. The molecule has 3 rings (SSSR count). The van der Waals surface area contributed by atoms with Crippen molar-refractivity contribution in [2.45, 2.75) is 76.3 Å². The number of hydrogen-bond acceptors (Lipinski definition) is 2. The molecule has 3 fully saturated rings. The van der Waals surface area contributed by atoms with Crippen LogP contribution in [0.2, 0.25) is 0 Å². The van der Waals surface area contributed by atoms with Crippen LogP contribution >= 0.6 is 0 Å². The Labute approximate surface area is 116 Å². The minimum atomic E-state index is -0.589. The molecule has 2 saturated heterocycles. The second-order valence-electron chi connectivity index (χ2n) is 6.87. The lowest BCUT2D eigenvalue weighted by atomic mass is 9.74. The third-order valence-corrected chi connectivity index (χ3v) is 5.80. The maximum Gasteiger partial charge on any atom is 0.320 e. The molecule has 0 aromatic rings. The number of aliphatic carboxylic acids is 1. The standard InChI is InChI=1S/C16H27NO2/c18-16(19)15-8-4-7-14-10-9-13(11-17(14)15)12-5-2-1-3-6-12/h12-15H,1-11H2,(H,18,19)/t13?,14?,15-/m1/s1. The van der Waals surface area contributed by atoms with E-state index in [0.29, 0.717) is 6.04 Å². The number of fused-ring (bicyclic) bond motifs is 1.